The zero-order chi connectivity index (χ0) is 27.0. The molecule has 1 saturated carbocycles. The quantitative estimate of drug-likeness (QED) is 0.339. The first-order valence-electron chi connectivity index (χ1n) is 13.4. The van der Waals surface area contributed by atoms with Gasteiger partial charge < -0.3 is 16.4 Å². The zero-order valence-corrected chi connectivity index (χ0v) is 22.6. The number of carbonyl (C=O) groups excluding carboxylic acids is 2. The summed E-state index contributed by atoms with van der Waals surface area (Å²) < 4.78 is 0. The highest BCUT2D eigenvalue weighted by Gasteiger charge is 2.08. The van der Waals surface area contributed by atoms with E-state index in [4.69, 9.17) is 5.73 Å². The maximum absolute atomic E-state index is 10.4. The van der Waals surface area contributed by atoms with E-state index in [1.165, 1.54) is 68.2 Å². The van der Waals surface area contributed by atoms with E-state index in [0.717, 1.165) is 13.1 Å². The predicted molar refractivity (Wildman–Crippen MR) is 157 cm³/mol. The third-order valence-corrected chi connectivity index (χ3v) is 5.80. The zero-order valence-electron chi connectivity index (χ0n) is 22.6. The van der Waals surface area contributed by atoms with Crippen LogP contribution in [0.4, 0.5) is 5.69 Å². The van der Waals surface area contributed by atoms with E-state index in [-0.39, 0.29) is 5.91 Å². The van der Waals surface area contributed by atoms with Crippen molar-refractivity contribution in [3.05, 3.63) is 102 Å². The fraction of sp³-hybridized carbons (Fsp3) is 0.375. The van der Waals surface area contributed by atoms with Crippen molar-refractivity contribution < 1.29 is 9.59 Å². The highest BCUT2D eigenvalue weighted by atomic mass is 16.1. The third-order valence-electron chi connectivity index (χ3n) is 5.80. The van der Waals surface area contributed by atoms with Crippen LogP contribution in [0.5, 0.6) is 0 Å². The van der Waals surface area contributed by atoms with Gasteiger partial charge in [0.2, 0.25) is 12.3 Å². The van der Waals surface area contributed by atoms with Gasteiger partial charge in [0.15, 0.2) is 0 Å². The monoisotopic (exact) mass is 503 g/mol. The average Bonchev–Trinajstić information content (AvgIpc) is 2.97. The number of benzene rings is 3. The first kappa shape index (κ1) is 31.4. The molecule has 37 heavy (non-hydrogen) atoms. The molecule has 200 valence electrons. The second-order valence-corrected chi connectivity index (χ2v) is 8.82. The van der Waals surface area contributed by atoms with Crippen LogP contribution >= 0.6 is 0 Å². The summed E-state index contributed by atoms with van der Waals surface area (Å²) in [5.41, 5.74) is 9.76. The Morgan fingerprint density at radius 3 is 1.70 bits per heavy atom. The van der Waals surface area contributed by atoms with Crippen molar-refractivity contribution in [3.63, 3.8) is 0 Å². The van der Waals surface area contributed by atoms with Gasteiger partial charge in [0.1, 0.15) is 0 Å². The van der Waals surface area contributed by atoms with Gasteiger partial charge in [-0.3, -0.25) is 9.59 Å². The lowest BCUT2D eigenvalue weighted by molar-refractivity contribution is -0.109. The van der Waals surface area contributed by atoms with Crippen molar-refractivity contribution in [3.8, 4) is 0 Å². The van der Waals surface area contributed by atoms with E-state index < -0.39 is 0 Å². The number of aryl methyl sites for hydroxylation is 2. The Balaban J connectivity index is 0.000000240. The SMILES string of the molecule is C1CCCCC1.CCNC=O.Cc1cccc2c1NCCC2.NC(=O)c1ccccc1.c1ccccc1. The van der Waals surface area contributed by atoms with Crippen LogP contribution in [0.1, 0.15) is 73.4 Å². The number of hydrogen-bond acceptors (Lipinski definition) is 3. The summed E-state index contributed by atoms with van der Waals surface area (Å²) in [6, 6.07) is 27.3. The molecule has 1 heterocycles. The average molecular weight is 504 g/mol. The van der Waals surface area contributed by atoms with Gasteiger partial charge in [-0.05, 0) is 49.9 Å². The fourth-order valence-corrected chi connectivity index (χ4v) is 3.81. The molecule has 3 aromatic carbocycles. The van der Waals surface area contributed by atoms with Crippen LogP contribution in [0, 0.1) is 6.92 Å². The second kappa shape index (κ2) is 21.7. The number of nitrogens with two attached hydrogens (primary N) is 1. The fourth-order valence-electron chi connectivity index (χ4n) is 3.81. The maximum Gasteiger partial charge on any atom is 0.248 e. The summed E-state index contributed by atoms with van der Waals surface area (Å²) >= 11 is 0. The summed E-state index contributed by atoms with van der Waals surface area (Å²) in [6.45, 7) is 5.90. The number of anilines is 1. The smallest absolute Gasteiger partial charge is 0.248 e. The molecule has 1 aliphatic heterocycles. The van der Waals surface area contributed by atoms with Gasteiger partial charge in [0.05, 0.1) is 0 Å². The lowest BCUT2D eigenvalue weighted by atomic mass is 10.0. The van der Waals surface area contributed by atoms with Gasteiger partial charge in [-0.25, -0.2) is 0 Å². The normalized spacial score (nSPS) is 12.8. The van der Waals surface area contributed by atoms with Crippen LogP contribution in [0.3, 0.4) is 0 Å². The van der Waals surface area contributed by atoms with Crippen LogP contribution in [-0.2, 0) is 11.2 Å². The Labute approximate surface area is 223 Å². The van der Waals surface area contributed by atoms with Crippen molar-refractivity contribution in [2.75, 3.05) is 18.4 Å². The Kier molecular flexibility index (Phi) is 18.4. The number of fused-ring (bicyclic) bond motifs is 1. The second-order valence-electron chi connectivity index (χ2n) is 8.82. The lowest BCUT2D eigenvalue weighted by Crippen LogP contribution is -2.12. The van der Waals surface area contributed by atoms with Crippen molar-refractivity contribution in [2.24, 2.45) is 5.73 Å². The molecule has 2 aliphatic rings. The molecule has 0 aromatic heterocycles. The number of hydrogen-bond donors (Lipinski definition) is 3. The van der Waals surface area contributed by atoms with Crippen molar-refractivity contribution in [1.29, 1.82) is 0 Å². The number of primary amides is 1. The van der Waals surface area contributed by atoms with E-state index in [9.17, 15) is 9.59 Å². The Bertz CT molecular complexity index is 920. The Hall–Kier alpha value is -3.60. The first-order valence-corrected chi connectivity index (χ1v) is 13.4. The minimum absolute atomic E-state index is 0.379. The molecular formula is C32H45N3O2. The molecule has 0 saturated heterocycles. The van der Waals surface area contributed by atoms with Crippen LogP contribution in [0.25, 0.3) is 0 Å². The molecule has 2 amide bonds. The molecule has 0 unspecified atom stereocenters. The van der Waals surface area contributed by atoms with Crippen molar-refractivity contribution >= 4 is 18.0 Å². The minimum atomic E-state index is -0.379. The molecule has 0 spiro atoms. The number of carbonyl (C=O) groups is 2. The molecule has 4 N–H and O–H groups in total. The molecule has 0 atom stereocenters. The van der Waals surface area contributed by atoms with E-state index in [2.05, 4.69) is 35.8 Å². The summed E-state index contributed by atoms with van der Waals surface area (Å²) in [4.78, 5) is 19.7. The maximum atomic E-state index is 10.4. The van der Waals surface area contributed by atoms with Gasteiger partial charge in [0, 0.05) is 24.3 Å². The summed E-state index contributed by atoms with van der Waals surface area (Å²) in [6.07, 6.45) is 12.2. The summed E-state index contributed by atoms with van der Waals surface area (Å²) in [5.74, 6) is -0.379. The standard InChI is InChI=1S/C10H13N.C7H7NO.C6H12.C6H6.C3H7NO/c1-8-4-2-5-9-6-3-7-11-10(8)9;8-7(9)6-4-2-1-3-5-6;2*1-2-4-6-5-3-1;1-2-4-3-5/h2,4-5,11H,3,6-7H2,1H3;1-5H,(H2,8,9);1-6H2;1-6H;3H,2H2,1H3,(H,4,5). The minimum Gasteiger partial charge on any atom is -0.385 e. The highest BCUT2D eigenvalue weighted by molar-refractivity contribution is 5.92. The molecule has 0 bridgehead atoms. The molecule has 3 aromatic rings. The highest BCUT2D eigenvalue weighted by Crippen LogP contribution is 2.24. The number of nitrogens with one attached hydrogen (secondary N) is 2. The van der Waals surface area contributed by atoms with Crippen molar-refractivity contribution in [1.82, 2.24) is 5.32 Å². The molecule has 5 rings (SSSR count). The van der Waals surface area contributed by atoms with Gasteiger partial charge in [-0.2, -0.15) is 0 Å². The Morgan fingerprint density at radius 1 is 0.811 bits per heavy atom. The van der Waals surface area contributed by atoms with Crippen LogP contribution in [0.2, 0.25) is 0 Å². The summed E-state index contributed by atoms with van der Waals surface area (Å²) in [5, 5.41) is 5.86. The van der Waals surface area contributed by atoms with E-state index in [1.807, 2.05) is 49.4 Å². The first-order chi connectivity index (χ1) is 18.1. The molecule has 0 radical (unpaired) electrons. The van der Waals surface area contributed by atoms with Gasteiger partial charge in [0.25, 0.3) is 0 Å². The predicted octanol–water partition coefficient (Wildman–Crippen LogP) is 6.92. The third kappa shape index (κ3) is 15.9. The number of amides is 2. The number of para-hydroxylation sites is 1. The molecule has 1 aliphatic carbocycles. The van der Waals surface area contributed by atoms with Crippen LogP contribution in [0.15, 0.2) is 84.9 Å². The van der Waals surface area contributed by atoms with Crippen LogP contribution < -0.4 is 16.4 Å². The van der Waals surface area contributed by atoms with Crippen molar-refractivity contribution in [2.45, 2.75) is 65.2 Å². The number of rotatable bonds is 3. The van der Waals surface area contributed by atoms with Gasteiger partial charge >= 0.3 is 0 Å². The van der Waals surface area contributed by atoms with Gasteiger partial charge in [-0.1, -0.05) is 111 Å². The van der Waals surface area contributed by atoms with E-state index in [0.29, 0.717) is 12.0 Å². The van der Waals surface area contributed by atoms with E-state index in [1.54, 1.807) is 24.3 Å². The largest absolute Gasteiger partial charge is 0.385 e. The van der Waals surface area contributed by atoms with Crippen LogP contribution in [-0.4, -0.2) is 25.4 Å². The molecule has 1 fully saturated rings. The topological polar surface area (TPSA) is 84.2 Å². The summed E-state index contributed by atoms with van der Waals surface area (Å²) in [7, 11) is 0. The Morgan fingerprint density at radius 2 is 1.32 bits per heavy atom. The molecule has 5 nitrogen and oxygen atoms in total. The van der Waals surface area contributed by atoms with Gasteiger partial charge in [-0.15, -0.1) is 0 Å². The molecule has 5 heteroatoms. The molecular weight excluding hydrogens is 458 g/mol. The lowest BCUT2D eigenvalue weighted by Gasteiger charge is -2.19. The van der Waals surface area contributed by atoms with E-state index >= 15 is 0 Å².